The molecule has 2 rings (SSSR count). The van der Waals surface area contributed by atoms with E-state index in [1.165, 1.54) is 24.4 Å². The minimum atomic E-state index is -4.35. The summed E-state index contributed by atoms with van der Waals surface area (Å²) < 4.78 is 37.3. The highest BCUT2D eigenvalue weighted by atomic mass is 19.4. The fourth-order valence-corrected chi connectivity index (χ4v) is 1.70. The van der Waals surface area contributed by atoms with E-state index in [2.05, 4.69) is 15.6 Å². The van der Waals surface area contributed by atoms with Gasteiger partial charge in [0.2, 0.25) is 0 Å². The number of pyridine rings is 1. The van der Waals surface area contributed by atoms with Crippen molar-refractivity contribution in [3.63, 3.8) is 0 Å². The van der Waals surface area contributed by atoms with Gasteiger partial charge in [-0.15, -0.1) is 0 Å². The van der Waals surface area contributed by atoms with E-state index in [1.807, 2.05) is 0 Å². The van der Waals surface area contributed by atoms with Crippen LogP contribution in [-0.4, -0.2) is 16.2 Å². The van der Waals surface area contributed by atoms with E-state index in [4.69, 9.17) is 5.11 Å². The summed E-state index contributed by atoms with van der Waals surface area (Å²) in [6.45, 7) is 0.302. The van der Waals surface area contributed by atoms with Crippen molar-refractivity contribution in [2.24, 2.45) is 0 Å². The Balaban J connectivity index is 1.94. The topological polar surface area (TPSA) is 74.2 Å². The van der Waals surface area contributed by atoms with Crippen LogP contribution in [0.3, 0.4) is 0 Å². The summed E-state index contributed by atoms with van der Waals surface area (Å²) in [6.07, 6.45) is -4.20. The molecule has 0 radical (unpaired) electrons. The number of carboxylic acid groups (broad SMARTS) is 1. The molecule has 0 bridgehead atoms. The Hall–Kier alpha value is -2.77. The van der Waals surface area contributed by atoms with Crippen LogP contribution in [-0.2, 0) is 12.7 Å². The third kappa shape index (κ3) is 4.37. The first-order valence-electron chi connectivity index (χ1n) is 6.20. The molecule has 1 amide bonds. The van der Waals surface area contributed by atoms with Gasteiger partial charge in [-0.1, -0.05) is 12.1 Å². The van der Waals surface area contributed by atoms with Gasteiger partial charge < -0.3 is 10.4 Å². The van der Waals surface area contributed by atoms with Crippen LogP contribution in [0.15, 0.2) is 42.6 Å². The summed E-state index contributed by atoms with van der Waals surface area (Å²) in [7, 11) is 0. The molecule has 0 saturated heterocycles. The lowest BCUT2D eigenvalue weighted by molar-refractivity contribution is -0.137. The van der Waals surface area contributed by atoms with Gasteiger partial charge in [-0.2, -0.15) is 13.2 Å². The summed E-state index contributed by atoms with van der Waals surface area (Å²) in [5, 5.41) is 13.6. The molecule has 0 aliphatic heterocycles. The van der Waals surface area contributed by atoms with Gasteiger partial charge in [0.1, 0.15) is 5.82 Å². The average molecular weight is 311 g/mol. The zero-order chi connectivity index (χ0) is 16.2. The first-order valence-corrected chi connectivity index (χ1v) is 6.20. The summed E-state index contributed by atoms with van der Waals surface area (Å²) in [5.41, 5.74) is 0.300. The number of nitrogens with zero attached hydrogens (tertiary/aromatic N) is 1. The Morgan fingerprint density at radius 2 is 1.82 bits per heavy atom. The second kappa shape index (κ2) is 6.33. The highest BCUT2D eigenvalue weighted by Crippen LogP contribution is 2.29. The van der Waals surface area contributed by atoms with Crippen molar-refractivity contribution in [1.82, 2.24) is 4.98 Å². The molecule has 0 aliphatic rings. The highest BCUT2D eigenvalue weighted by Gasteiger charge is 2.29. The molecule has 0 unspecified atom stereocenters. The van der Waals surface area contributed by atoms with E-state index in [1.54, 1.807) is 6.07 Å². The van der Waals surface area contributed by atoms with Crippen molar-refractivity contribution in [2.75, 3.05) is 10.6 Å². The summed E-state index contributed by atoms with van der Waals surface area (Å²) in [4.78, 5) is 14.4. The maximum atomic E-state index is 12.4. The molecule has 0 saturated carbocycles. The lowest BCUT2D eigenvalue weighted by Gasteiger charge is -2.09. The van der Waals surface area contributed by atoms with E-state index in [0.29, 0.717) is 23.6 Å². The fourth-order valence-electron chi connectivity index (χ4n) is 1.70. The molecule has 1 heterocycles. The number of hydrogen-bond acceptors (Lipinski definition) is 3. The lowest BCUT2D eigenvalue weighted by atomic mass is 10.1. The SMILES string of the molecule is O=C(O)Nc1ccc(NCc2ccc(C(F)(F)F)cc2)nc1. The predicted molar refractivity (Wildman–Crippen MR) is 74.7 cm³/mol. The average Bonchev–Trinajstić information content (AvgIpc) is 2.45. The van der Waals surface area contributed by atoms with Crippen molar-refractivity contribution in [3.05, 3.63) is 53.7 Å². The number of hydrogen-bond donors (Lipinski definition) is 3. The van der Waals surface area contributed by atoms with Crippen LogP contribution in [0.25, 0.3) is 0 Å². The zero-order valence-electron chi connectivity index (χ0n) is 11.2. The second-order valence-corrected chi connectivity index (χ2v) is 4.41. The Morgan fingerprint density at radius 3 is 2.32 bits per heavy atom. The van der Waals surface area contributed by atoms with Crippen LogP contribution in [0, 0.1) is 0 Å². The monoisotopic (exact) mass is 311 g/mol. The number of anilines is 2. The number of amides is 1. The van der Waals surface area contributed by atoms with Gasteiger partial charge in [-0.3, -0.25) is 5.32 Å². The molecule has 8 heteroatoms. The smallest absolute Gasteiger partial charge is 0.416 e. The Labute approximate surface area is 123 Å². The molecule has 1 aromatic carbocycles. The molecule has 0 atom stereocenters. The molecule has 1 aromatic heterocycles. The van der Waals surface area contributed by atoms with Gasteiger partial charge >= 0.3 is 12.3 Å². The predicted octanol–water partition coefficient (Wildman–Crippen LogP) is 3.80. The zero-order valence-corrected chi connectivity index (χ0v) is 11.2. The van der Waals surface area contributed by atoms with Crippen LogP contribution >= 0.6 is 0 Å². The van der Waals surface area contributed by atoms with Crippen molar-refractivity contribution in [3.8, 4) is 0 Å². The highest BCUT2D eigenvalue weighted by molar-refractivity contribution is 5.82. The van der Waals surface area contributed by atoms with Crippen molar-refractivity contribution >= 4 is 17.6 Å². The Kier molecular flexibility index (Phi) is 4.50. The molecule has 0 fully saturated rings. The summed E-state index contributed by atoms with van der Waals surface area (Å²) in [5.74, 6) is 0.482. The van der Waals surface area contributed by atoms with E-state index in [9.17, 15) is 18.0 Å². The minimum Gasteiger partial charge on any atom is -0.465 e. The quantitative estimate of drug-likeness (QED) is 0.803. The van der Waals surface area contributed by atoms with Gasteiger partial charge in [0.05, 0.1) is 17.4 Å². The molecule has 3 N–H and O–H groups in total. The molecule has 22 heavy (non-hydrogen) atoms. The molecule has 116 valence electrons. The van der Waals surface area contributed by atoms with E-state index >= 15 is 0 Å². The van der Waals surface area contributed by atoms with Gasteiger partial charge in [0.25, 0.3) is 0 Å². The maximum absolute atomic E-state index is 12.4. The van der Waals surface area contributed by atoms with E-state index in [0.717, 1.165) is 12.1 Å². The standard InChI is InChI=1S/C14H12F3N3O2/c15-14(16,17)10-3-1-9(2-4-10)7-18-12-6-5-11(8-19-12)20-13(21)22/h1-6,8,20H,7H2,(H,18,19)(H,21,22). The normalized spacial score (nSPS) is 11.0. The molecular weight excluding hydrogens is 299 g/mol. The number of rotatable bonds is 4. The first kappa shape index (κ1) is 15.6. The van der Waals surface area contributed by atoms with Crippen LogP contribution in [0.5, 0.6) is 0 Å². The molecule has 5 nitrogen and oxygen atoms in total. The minimum absolute atomic E-state index is 0.302. The van der Waals surface area contributed by atoms with E-state index in [-0.39, 0.29) is 0 Å². The van der Waals surface area contributed by atoms with Gasteiger partial charge in [0, 0.05) is 6.54 Å². The van der Waals surface area contributed by atoms with Crippen molar-refractivity contribution in [2.45, 2.75) is 12.7 Å². The number of halogens is 3. The Bertz CT molecular complexity index is 640. The summed E-state index contributed by atoms with van der Waals surface area (Å²) in [6, 6.07) is 7.90. The third-order valence-corrected chi connectivity index (χ3v) is 2.77. The lowest BCUT2D eigenvalue weighted by Crippen LogP contribution is -2.08. The fraction of sp³-hybridized carbons (Fsp3) is 0.143. The van der Waals surface area contributed by atoms with Gasteiger partial charge in [-0.05, 0) is 29.8 Å². The third-order valence-electron chi connectivity index (χ3n) is 2.77. The number of alkyl halides is 3. The van der Waals surface area contributed by atoms with Crippen LogP contribution in [0.4, 0.5) is 29.5 Å². The number of carbonyl (C=O) groups is 1. The Morgan fingerprint density at radius 1 is 1.14 bits per heavy atom. The van der Waals surface area contributed by atoms with Crippen LogP contribution in [0.1, 0.15) is 11.1 Å². The first-order chi connectivity index (χ1) is 10.3. The van der Waals surface area contributed by atoms with Gasteiger partial charge in [0.15, 0.2) is 0 Å². The maximum Gasteiger partial charge on any atom is 0.416 e. The van der Waals surface area contributed by atoms with Crippen LogP contribution < -0.4 is 10.6 Å². The molecule has 0 spiro atoms. The molecule has 0 aliphatic carbocycles. The van der Waals surface area contributed by atoms with E-state index < -0.39 is 17.8 Å². The summed E-state index contributed by atoms with van der Waals surface area (Å²) >= 11 is 0. The van der Waals surface area contributed by atoms with Crippen molar-refractivity contribution < 1.29 is 23.1 Å². The molecular formula is C14H12F3N3O2. The number of benzene rings is 1. The molecule has 2 aromatic rings. The number of nitrogens with one attached hydrogen (secondary N) is 2. The largest absolute Gasteiger partial charge is 0.465 e. The van der Waals surface area contributed by atoms with Crippen molar-refractivity contribution in [1.29, 1.82) is 0 Å². The second-order valence-electron chi connectivity index (χ2n) is 4.41. The number of aromatic nitrogens is 1. The van der Waals surface area contributed by atoms with Gasteiger partial charge in [-0.25, -0.2) is 9.78 Å². The van der Waals surface area contributed by atoms with Crippen LogP contribution in [0.2, 0.25) is 0 Å².